The van der Waals surface area contributed by atoms with Crippen LogP contribution in [0.3, 0.4) is 0 Å². The first kappa shape index (κ1) is 15.4. The number of fused-ring (bicyclic) bond motifs is 1. The van der Waals surface area contributed by atoms with E-state index in [0.29, 0.717) is 11.4 Å². The van der Waals surface area contributed by atoms with E-state index in [0.717, 1.165) is 43.0 Å². The van der Waals surface area contributed by atoms with Gasteiger partial charge in [0.1, 0.15) is 5.69 Å². The van der Waals surface area contributed by atoms with E-state index < -0.39 is 0 Å². The van der Waals surface area contributed by atoms with Gasteiger partial charge >= 0.3 is 0 Å². The zero-order valence-corrected chi connectivity index (χ0v) is 12.9. The lowest BCUT2D eigenvalue weighted by Crippen LogP contribution is -2.34. The molecular formula is C17H25N3O. The Hall–Kier alpha value is -1.97. The van der Waals surface area contributed by atoms with Crippen molar-refractivity contribution in [2.24, 2.45) is 0 Å². The molecule has 2 aromatic rings. The number of carbonyl (C=O) groups excluding carboxylic acids is 1. The van der Waals surface area contributed by atoms with Crippen molar-refractivity contribution in [3.05, 3.63) is 30.0 Å². The maximum atomic E-state index is 12.4. The molecule has 1 amide bonds. The fraction of sp³-hybridized carbons (Fsp3) is 0.471. The molecule has 4 heteroatoms. The van der Waals surface area contributed by atoms with E-state index in [9.17, 15) is 4.79 Å². The number of H-pyrrole nitrogens is 1. The predicted molar refractivity (Wildman–Crippen MR) is 88.4 cm³/mol. The smallest absolute Gasteiger partial charge is 0.267 e. The summed E-state index contributed by atoms with van der Waals surface area (Å²) in [6.07, 6.45) is 5.43. The molecule has 1 aromatic carbocycles. The fourth-order valence-electron chi connectivity index (χ4n) is 2.65. The Morgan fingerprint density at radius 2 is 2.10 bits per heavy atom. The SMILES string of the molecule is CCCCC(CCC)NC(=O)c1cc2cccc(N)c2[nH]1. The van der Waals surface area contributed by atoms with Gasteiger partial charge in [0.2, 0.25) is 0 Å². The second-order valence-corrected chi connectivity index (χ2v) is 5.60. The first-order chi connectivity index (χ1) is 10.2. The quantitative estimate of drug-likeness (QED) is 0.677. The molecule has 114 valence electrons. The summed E-state index contributed by atoms with van der Waals surface area (Å²) in [5.41, 5.74) is 8.01. The van der Waals surface area contributed by atoms with Crippen LogP contribution < -0.4 is 11.1 Å². The Morgan fingerprint density at radius 3 is 2.76 bits per heavy atom. The molecule has 0 radical (unpaired) electrons. The second-order valence-electron chi connectivity index (χ2n) is 5.60. The number of anilines is 1. The van der Waals surface area contributed by atoms with Gasteiger partial charge in [-0.1, -0.05) is 45.2 Å². The van der Waals surface area contributed by atoms with Crippen LogP contribution in [-0.2, 0) is 0 Å². The van der Waals surface area contributed by atoms with Crippen LogP contribution in [0.15, 0.2) is 24.3 Å². The molecule has 4 nitrogen and oxygen atoms in total. The maximum absolute atomic E-state index is 12.4. The third-order valence-electron chi connectivity index (χ3n) is 3.81. The van der Waals surface area contributed by atoms with E-state index in [1.54, 1.807) is 0 Å². The molecule has 4 N–H and O–H groups in total. The molecule has 0 aliphatic rings. The molecule has 0 spiro atoms. The number of benzene rings is 1. The Labute approximate surface area is 126 Å². The van der Waals surface area contributed by atoms with Crippen molar-refractivity contribution in [2.75, 3.05) is 5.73 Å². The number of para-hydroxylation sites is 1. The van der Waals surface area contributed by atoms with E-state index in [4.69, 9.17) is 5.73 Å². The van der Waals surface area contributed by atoms with Crippen LogP contribution in [-0.4, -0.2) is 16.9 Å². The summed E-state index contributed by atoms with van der Waals surface area (Å²) in [7, 11) is 0. The number of carbonyl (C=O) groups is 1. The monoisotopic (exact) mass is 287 g/mol. The van der Waals surface area contributed by atoms with Gasteiger partial charge in [0.25, 0.3) is 5.91 Å². The maximum Gasteiger partial charge on any atom is 0.267 e. The van der Waals surface area contributed by atoms with Gasteiger partial charge in [-0.3, -0.25) is 4.79 Å². The summed E-state index contributed by atoms with van der Waals surface area (Å²) >= 11 is 0. The number of rotatable bonds is 7. The average Bonchev–Trinajstić information content (AvgIpc) is 2.90. The molecule has 2 rings (SSSR count). The molecule has 1 aromatic heterocycles. The summed E-state index contributed by atoms with van der Waals surface area (Å²) in [6.45, 7) is 4.32. The third kappa shape index (κ3) is 3.78. The normalized spacial score (nSPS) is 12.5. The molecule has 0 aliphatic carbocycles. The summed E-state index contributed by atoms with van der Waals surface area (Å²) in [5.74, 6) is -0.0415. The summed E-state index contributed by atoms with van der Waals surface area (Å²) < 4.78 is 0. The van der Waals surface area contributed by atoms with E-state index in [1.165, 1.54) is 0 Å². The van der Waals surface area contributed by atoms with Crippen molar-refractivity contribution in [1.82, 2.24) is 10.3 Å². The molecule has 1 atom stereocenters. The van der Waals surface area contributed by atoms with Gasteiger partial charge < -0.3 is 16.0 Å². The zero-order chi connectivity index (χ0) is 15.2. The van der Waals surface area contributed by atoms with E-state index >= 15 is 0 Å². The van der Waals surface area contributed by atoms with Crippen LogP contribution in [0, 0.1) is 0 Å². The molecule has 0 fully saturated rings. The number of hydrogen-bond donors (Lipinski definition) is 3. The first-order valence-electron chi connectivity index (χ1n) is 7.83. The fourth-order valence-corrected chi connectivity index (χ4v) is 2.65. The Balaban J connectivity index is 2.11. The number of hydrogen-bond acceptors (Lipinski definition) is 2. The second kappa shape index (κ2) is 7.16. The van der Waals surface area contributed by atoms with Gasteiger partial charge in [0.05, 0.1) is 11.2 Å². The highest BCUT2D eigenvalue weighted by Gasteiger charge is 2.15. The number of aromatic nitrogens is 1. The number of nitrogen functional groups attached to an aromatic ring is 1. The number of nitrogens with two attached hydrogens (primary N) is 1. The minimum atomic E-state index is -0.0415. The topological polar surface area (TPSA) is 70.9 Å². The molecule has 21 heavy (non-hydrogen) atoms. The summed E-state index contributed by atoms with van der Waals surface area (Å²) in [5, 5.41) is 4.11. The number of aromatic amines is 1. The van der Waals surface area contributed by atoms with Gasteiger partial charge in [-0.05, 0) is 25.0 Å². The lowest BCUT2D eigenvalue weighted by Gasteiger charge is -2.17. The van der Waals surface area contributed by atoms with Crippen LogP contribution >= 0.6 is 0 Å². The molecule has 1 heterocycles. The van der Waals surface area contributed by atoms with Gasteiger partial charge in [-0.25, -0.2) is 0 Å². The van der Waals surface area contributed by atoms with E-state index in [2.05, 4.69) is 24.1 Å². The van der Waals surface area contributed by atoms with E-state index in [-0.39, 0.29) is 11.9 Å². The van der Waals surface area contributed by atoms with Crippen LogP contribution in [0.25, 0.3) is 10.9 Å². The summed E-state index contributed by atoms with van der Waals surface area (Å²) in [6, 6.07) is 7.81. The molecular weight excluding hydrogens is 262 g/mol. The van der Waals surface area contributed by atoms with Gasteiger partial charge in [0.15, 0.2) is 0 Å². The molecule has 0 aliphatic heterocycles. The summed E-state index contributed by atoms with van der Waals surface area (Å²) in [4.78, 5) is 15.5. The highest BCUT2D eigenvalue weighted by Crippen LogP contribution is 2.21. The van der Waals surface area contributed by atoms with Crippen molar-refractivity contribution in [3.63, 3.8) is 0 Å². The Morgan fingerprint density at radius 1 is 1.29 bits per heavy atom. The Bertz CT molecular complexity index is 603. The highest BCUT2D eigenvalue weighted by atomic mass is 16.1. The van der Waals surface area contributed by atoms with Crippen LogP contribution in [0.2, 0.25) is 0 Å². The lowest BCUT2D eigenvalue weighted by atomic mass is 10.1. The Kier molecular flexibility index (Phi) is 5.26. The molecule has 0 saturated heterocycles. The number of unbranched alkanes of at least 4 members (excludes halogenated alkanes) is 1. The standard InChI is InChI=1S/C17H25N3O/c1-3-5-9-13(7-4-2)19-17(21)15-11-12-8-6-10-14(18)16(12)20-15/h6,8,10-11,13,20H,3-5,7,9,18H2,1-2H3,(H,19,21). The van der Waals surface area contributed by atoms with Crippen molar-refractivity contribution in [2.45, 2.75) is 52.0 Å². The zero-order valence-electron chi connectivity index (χ0n) is 12.9. The van der Waals surface area contributed by atoms with Crippen LogP contribution in [0.4, 0.5) is 5.69 Å². The predicted octanol–water partition coefficient (Wildman–Crippen LogP) is 3.84. The van der Waals surface area contributed by atoms with Crippen molar-refractivity contribution >= 4 is 22.5 Å². The van der Waals surface area contributed by atoms with Crippen LogP contribution in [0.1, 0.15) is 56.4 Å². The van der Waals surface area contributed by atoms with Crippen molar-refractivity contribution < 1.29 is 4.79 Å². The minimum absolute atomic E-state index is 0.0415. The van der Waals surface area contributed by atoms with Crippen molar-refractivity contribution in [3.8, 4) is 0 Å². The molecule has 1 unspecified atom stereocenters. The highest BCUT2D eigenvalue weighted by molar-refractivity contribution is 6.00. The van der Waals surface area contributed by atoms with Gasteiger partial charge in [-0.2, -0.15) is 0 Å². The lowest BCUT2D eigenvalue weighted by molar-refractivity contribution is 0.0928. The van der Waals surface area contributed by atoms with E-state index in [1.807, 2.05) is 24.3 Å². The molecule has 0 bridgehead atoms. The molecule has 0 saturated carbocycles. The number of nitrogens with one attached hydrogen (secondary N) is 2. The largest absolute Gasteiger partial charge is 0.397 e. The van der Waals surface area contributed by atoms with Crippen molar-refractivity contribution in [1.29, 1.82) is 0 Å². The van der Waals surface area contributed by atoms with Crippen LogP contribution in [0.5, 0.6) is 0 Å². The third-order valence-corrected chi connectivity index (χ3v) is 3.81. The average molecular weight is 287 g/mol. The number of amides is 1. The van der Waals surface area contributed by atoms with Gasteiger partial charge in [0, 0.05) is 11.4 Å². The minimum Gasteiger partial charge on any atom is -0.397 e. The van der Waals surface area contributed by atoms with Gasteiger partial charge in [-0.15, -0.1) is 0 Å². The first-order valence-corrected chi connectivity index (χ1v) is 7.83.